The van der Waals surface area contributed by atoms with Crippen molar-refractivity contribution in [1.29, 1.82) is 0 Å². The number of hydrogen-bond donors (Lipinski definition) is 1. The van der Waals surface area contributed by atoms with Crippen LogP contribution in [-0.4, -0.2) is 24.8 Å². The van der Waals surface area contributed by atoms with Crippen LogP contribution in [0, 0.1) is 23.2 Å². The summed E-state index contributed by atoms with van der Waals surface area (Å²) < 4.78 is 12.7. The summed E-state index contributed by atoms with van der Waals surface area (Å²) in [5.41, 5.74) is 4.63. The molecule has 0 spiro atoms. The fraction of sp³-hybridized carbons (Fsp3) is 1.00. The van der Waals surface area contributed by atoms with Crippen LogP contribution < -0.4 is 5.73 Å². The van der Waals surface area contributed by atoms with Crippen LogP contribution in [0.1, 0.15) is 53.9 Å². The van der Waals surface area contributed by atoms with E-state index in [1.165, 1.54) is 12.8 Å². The summed E-state index contributed by atoms with van der Waals surface area (Å²) in [4.78, 5) is 0. The number of hydrogen-bond acceptors (Lipinski definition) is 2. The molecular weight excluding hydrogens is 237 g/mol. The lowest BCUT2D eigenvalue weighted by Gasteiger charge is -2.64. The zero-order valence-electron chi connectivity index (χ0n) is 13.1. The molecule has 1 saturated heterocycles. The Bertz CT molecular complexity index is 373. The third-order valence-corrected chi connectivity index (χ3v) is 6.13. The van der Waals surface area contributed by atoms with Crippen LogP contribution in [0.15, 0.2) is 0 Å². The van der Waals surface area contributed by atoms with E-state index in [2.05, 4.69) is 40.4 Å². The molecule has 0 amide bonds. The minimum absolute atomic E-state index is 0.0736. The first-order chi connectivity index (χ1) is 8.75. The molecule has 4 rings (SSSR count). The van der Waals surface area contributed by atoms with Crippen molar-refractivity contribution in [2.45, 2.75) is 71.5 Å². The molecule has 3 N–H and O–H groups in total. The molecule has 4 heteroatoms. The third kappa shape index (κ3) is 1.90. The van der Waals surface area contributed by atoms with Crippen molar-refractivity contribution in [3.63, 3.8) is 0 Å². The summed E-state index contributed by atoms with van der Waals surface area (Å²) in [5.74, 6) is 2.38. The predicted molar refractivity (Wildman–Crippen MR) is 76.2 cm³/mol. The highest BCUT2D eigenvalue weighted by Crippen LogP contribution is 2.65. The molecule has 0 radical (unpaired) electrons. The van der Waals surface area contributed by atoms with Gasteiger partial charge in [-0.1, -0.05) is 27.7 Å². The Morgan fingerprint density at radius 1 is 1.26 bits per heavy atom. The van der Waals surface area contributed by atoms with E-state index in [-0.39, 0.29) is 18.7 Å². The van der Waals surface area contributed by atoms with Crippen LogP contribution in [0.2, 0.25) is 0 Å². The van der Waals surface area contributed by atoms with Crippen molar-refractivity contribution in [3.8, 4) is 0 Å². The van der Waals surface area contributed by atoms with Gasteiger partial charge >= 0.3 is 7.12 Å². The molecule has 5 atom stereocenters. The zero-order chi connectivity index (χ0) is 14.0. The molecule has 2 bridgehead atoms. The Kier molecular flexibility index (Phi) is 3.09. The van der Waals surface area contributed by atoms with Crippen LogP contribution in [-0.2, 0) is 9.31 Å². The summed E-state index contributed by atoms with van der Waals surface area (Å²) in [7, 11) is -0.0902. The quantitative estimate of drug-likeness (QED) is 0.793. The molecule has 108 valence electrons. The van der Waals surface area contributed by atoms with Crippen LogP contribution in [0.25, 0.3) is 0 Å². The molecule has 1 heterocycles. The zero-order valence-corrected chi connectivity index (χ0v) is 13.1. The molecule has 1 unspecified atom stereocenters. The SMILES string of the molecule is CC(C)C[C@H]([NH3+])B1O[C@@H]2CC3C[C@H](C3(C)C)[C@]2(C)O1. The van der Waals surface area contributed by atoms with Gasteiger partial charge in [-0.3, -0.25) is 0 Å². The van der Waals surface area contributed by atoms with Crippen molar-refractivity contribution in [2.75, 3.05) is 0 Å². The maximum atomic E-state index is 6.42. The second-order valence-electron chi connectivity index (χ2n) is 8.23. The molecular formula is C15H29BNO2+. The van der Waals surface area contributed by atoms with Gasteiger partial charge in [0.2, 0.25) is 0 Å². The molecule has 4 aliphatic rings. The van der Waals surface area contributed by atoms with Crippen LogP contribution in [0.5, 0.6) is 0 Å². The average molecular weight is 266 g/mol. The Balaban J connectivity index is 1.74. The van der Waals surface area contributed by atoms with Gasteiger partial charge in [0.15, 0.2) is 0 Å². The van der Waals surface area contributed by atoms with Crippen molar-refractivity contribution in [1.82, 2.24) is 0 Å². The molecule has 3 saturated carbocycles. The predicted octanol–water partition coefficient (Wildman–Crippen LogP) is 1.91. The van der Waals surface area contributed by atoms with Crippen LogP contribution in [0.3, 0.4) is 0 Å². The lowest BCUT2D eigenvalue weighted by atomic mass is 9.43. The minimum Gasteiger partial charge on any atom is -0.401 e. The summed E-state index contributed by atoms with van der Waals surface area (Å²) in [6, 6.07) is 0. The molecule has 1 aliphatic heterocycles. The topological polar surface area (TPSA) is 46.1 Å². The first-order valence-electron chi connectivity index (χ1n) is 7.91. The second kappa shape index (κ2) is 4.22. The lowest BCUT2D eigenvalue weighted by Crippen LogP contribution is -2.69. The molecule has 0 aromatic rings. The molecule has 19 heavy (non-hydrogen) atoms. The van der Waals surface area contributed by atoms with E-state index >= 15 is 0 Å². The van der Waals surface area contributed by atoms with Crippen LogP contribution in [0.4, 0.5) is 0 Å². The fourth-order valence-corrected chi connectivity index (χ4v) is 4.82. The normalized spacial score (nSPS) is 45.0. The van der Waals surface area contributed by atoms with Gasteiger partial charge in [0.05, 0.1) is 11.7 Å². The first kappa shape index (κ1) is 13.9. The fourth-order valence-electron chi connectivity index (χ4n) is 4.82. The Labute approximate surface area is 117 Å². The monoisotopic (exact) mass is 266 g/mol. The smallest absolute Gasteiger partial charge is 0.401 e. The summed E-state index contributed by atoms with van der Waals surface area (Å²) >= 11 is 0. The highest BCUT2D eigenvalue weighted by molar-refractivity contribution is 6.46. The molecule has 4 fully saturated rings. The summed E-state index contributed by atoms with van der Waals surface area (Å²) in [5, 5.41) is 0. The second-order valence-corrected chi connectivity index (χ2v) is 8.23. The van der Waals surface area contributed by atoms with Gasteiger partial charge in [-0.05, 0) is 49.4 Å². The molecule has 3 aliphatic carbocycles. The van der Waals surface area contributed by atoms with Crippen molar-refractivity contribution < 1.29 is 15.0 Å². The number of rotatable bonds is 3. The summed E-state index contributed by atoms with van der Waals surface area (Å²) in [6.45, 7) is 11.6. The van der Waals surface area contributed by atoms with E-state index in [0.717, 1.165) is 12.3 Å². The largest absolute Gasteiger partial charge is 0.521 e. The number of quaternary nitrogens is 1. The Morgan fingerprint density at radius 3 is 2.53 bits per heavy atom. The lowest BCUT2D eigenvalue weighted by molar-refractivity contribution is -0.400. The van der Waals surface area contributed by atoms with Gasteiger partial charge in [-0.15, -0.1) is 0 Å². The molecule has 0 aromatic heterocycles. The van der Waals surface area contributed by atoms with Gasteiger partial charge in [0.25, 0.3) is 0 Å². The van der Waals surface area contributed by atoms with Gasteiger partial charge in [0.1, 0.15) is 5.94 Å². The van der Waals surface area contributed by atoms with E-state index in [1.54, 1.807) is 0 Å². The summed E-state index contributed by atoms with van der Waals surface area (Å²) in [6.07, 6.45) is 3.86. The van der Waals surface area contributed by atoms with E-state index in [1.807, 2.05) is 0 Å². The van der Waals surface area contributed by atoms with E-state index in [4.69, 9.17) is 9.31 Å². The Morgan fingerprint density at radius 2 is 1.95 bits per heavy atom. The molecule has 0 aromatic carbocycles. The van der Waals surface area contributed by atoms with Crippen molar-refractivity contribution >= 4 is 7.12 Å². The van der Waals surface area contributed by atoms with Gasteiger partial charge in [0, 0.05) is 0 Å². The average Bonchev–Trinajstić information content (AvgIpc) is 2.64. The van der Waals surface area contributed by atoms with Gasteiger partial charge in [-0.25, -0.2) is 0 Å². The van der Waals surface area contributed by atoms with Crippen molar-refractivity contribution in [3.05, 3.63) is 0 Å². The van der Waals surface area contributed by atoms with Gasteiger partial charge < -0.3 is 15.0 Å². The third-order valence-electron chi connectivity index (χ3n) is 6.13. The standard InChI is InChI=1S/C15H28BNO2/c1-9(2)6-13(17)16-18-12-8-10-7-11(14(10,3)4)15(12,5)19-16/h9-13H,6-8,17H2,1-5H3/p+1/t10?,11-,12-,13+,15+/m1/s1. The highest BCUT2D eigenvalue weighted by atomic mass is 16.7. The Hall–Kier alpha value is -0.0551. The minimum atomic E-state index is -0.0902. The van der Waals surface area contributed by atoms with E-state index in [9.17, 15) is 0 Å². The van der Waals surface area contributed by atoms with Crippen molar-refractivity contribution in [2.24, 2.45) is 23.2 Å². The molecule has 3 nitrogen and oxygen atoms in total. The van der Waals surface area contributed by atoms with Gasteiger partial charge in [-0.2, -0.15) is 0 Å². The maximum absolute atomic E-state index is 6.42. The van der Waals surface area contributed by atoms with E-state index < -0.39 is 0 Å². The van der Waals surface area contributed by atoms with E-state index in [0.29, 0.717) is 23.4 Å². The maximum Gasteiger partial charge on any atom is 0.521 e. The first-order valence-corrected chi connectivity index (χ1v) is 7.91. The van der Waals surface area contributed by atoms with Crippen LogP contribution >= 0.6 is 0 Å². The highest BCUT2D eigenvalue weighted by Gasteiger charge is 2.68.